The van der Waals surface area contributed by atoms with Crippen molar-refractivity contribution >= 4 is 35.6 Å². The summed E-state index contributed by atoms with van der Waals surface area (Å²) in [6, 6.07) is 15.9. The highest BCUT2D eigenvalue weighted by Crippen LogP contribution is 2.20. The van der Waals surface area contributed by atoms with Gasteiger partial charge in [0.25, 0.3) is 0 Å². The molecule has 0 amide bonds. The maximum atomic E-state index is 5.88. The second-order valence-corrected chi connectivity index (χ2v) is 4.82. The van der Waals surface area contributed by atoms with E-state index in [4.69, 9.17) is 10.5 Å². The number of nitrogens with one attached hydrogen (secondary N) is 1. The number of methoxy groups -OCH3 is 1. The molecule has 0 aromatic heterocycles. The van der Waals surface area contributed by atoms with Gasteiger partial charge in [-0.1, -0.05) is 35.9 Å². The smallest absolute Gasteiger partial charge is 0.193 e. The molecule has 0 aliphatic rings. The predicted octanol–water partition coefficient (Wildman–Crippen LogP) is 3.59. The van der Waals surface area contributed by atoms with Gasteiger partial charge in [0.2, 0.25) is 0 Å². The van der Waals surface area contributed by atoms with Gasteiger partial charge in [-0.3, -0.25) is 4.99 Å². The number of hydrogen-bond acceptors (Lipinski definition) is 2. The van der Waals surface area contributed by atoms with Crippen molar-refractivity contribution in [3.05, 3.63) is 59.7 Å². The van der Waals surface area contributed by atoms with Gasteiger partial charge in [0.15, 0.2) is 5.96 Å². The average molecular weight is 411 g/mol. The molecule has 5 heteroatoms. The lowest BCUT2D eigenvalue weighted by Gasteiger charge is -2.09. The number of aliphatic imine (C=N–C) groups is 1. The van der Waals surface area contributed by atoms with Crippen molar-refractivity contribution in [2.75, 3.05) is 19.0 Å². The lowest BCUT2D eigenvalue weighted by Crippen LogP contribution is -2.23. The summed E-state index contributed by atoms with van der Waals surface area (Å²) in [5.74, 6) is 1.32. The Balaban J connectivity index is 0.00000242. The molecule has 0 unspecified atom stereocenters. The fourth-order valence-electron chi connectivity index (χ4n) is 2.11. The van der Waals surface area contributed by atoms with E-state index >= 15 is 0 Å². The number of nitrogens with zero attached hydrogens (tertiary/aromatic N) is 1. The molecule has 3 N–H and O–H groups in total. The average Bonchev–Trinajstić information content (AvgIpc) is 2.48. The molecule has 0 bridgehead atoms. The summed E-state index contributed by atoms with van der Waals surface area (Å²) in [6.45, 7) is 2.68. The Bertz CT molecular complexity index is 615. The number of ether oxygens (including phenoxy) is 1. The molecule has 118 valence electrons. The number of hydrogen-bond donors (Lipinski definition) is 2. The zero-order valence-electron chi connectivity index (χ0n) is 12.9. The Morgan fingerprint density at radius 3 is 2.59 bits per heavy atom. The maximum Gasteiger partial charge on any atom is 0.193 e. The van der Waals surface area contributed by atoms with Gasteiger partial charge in [-0.05, 0) is 37.1 Å². The molecule has 0 spiro atoms. The molecular weight excluding hydrogens is 389 g/mol. The summed E-state index contributed by atoms with van der Waals surface area (Å²) in [7, 11) is 1.68. The minimum Gasteiger partial charge on any atom is -0.496 e. The maximum absolute atomic E-state index is 5.88. The third-order valence-corrected chi connectivity index (χ3v) is 3.15. The Morgan fingerprint density at radius 1 is 1.18 bits per heavy atom. The van der Waals surface area contributed by atoms with Crippen molar-refractivity contribution in [1.82, 2.24) is 0 Å². The molecule has 22 heavy (non-hydrogen) atoms. The number of benzene rings is 2. The third-order valence-electron chi connectivity index (χ3n) is 3.15. The zero-order chi connectivity index (χ0) is 15.1. The van der Waals surface area contributed by atoms with Crippen LogP contribution in [0.2, 0.25) is 0 Å². The Hall–Kier alpha value is -1.76. The molecule has 4 nitrogen and oxygen atoms in total. The quantitative estimate of drug-likeness (QED) is 0.449. The van der Waals surface area contributed by atoms with Crippen LogP contribution in [0.25, 0.3) is 0 Å². The highest BCUT2D eigenvalue weighted by atomic mass is 127. The van der Waals surface area contributed by atoms with Crippen LogP contribution in [0.15, 0.2) is 53.5 Å². The van der Waals surface area contributed by atoms with Crippen LogP contribution >= 0.6 is 24.0 Å². The van der Waals surface area contributed by atoms with Gasteiger partial charge in [-0.2, -0.15) is 0 Å². The van der Waals surface area contributed by atoms with Gasteiger partial charge in [-0.25, -0.2) is 0 Å². The van der Waals surface area contributed by atoms with Gasteiger partial charge < -0.3 is 15.8 Å². The molecule has 2 aromatic rings. The van der Waals surface area contributed by atoms with Gasteiger partial charge in [0.1, 0.15) is 5.75 Å². The Kier molecular flexibility index (Phi) is 7.73. The van der Waals surface area contributed by atoms with Gasteiger partial charge in [0, 0.05) is 12.2 Å². The van der Waals surface area contributed by atoms with E-state index in [1.54, 1.807) is 7.11 Å². The molecular formula is C17H22IN3O. The van der Waals surface area contributed by atoms with Crippen molar-refractivity contribution in [3.63, 3.8) is 0 Å². The molecule has 2 aromatic carbocycles. The van der Waals surface area contributed by atoms with E-state index < -0.39 is 0 Å². The zero-order valence-corrected chi connectivity index (χ0v) is 15.2. The molecule has 0 fully saturated rings. The molecule has 0 aliphatic carbocycles. The monoisotopic (exact) mass is 411 g/mol. The van der Waals surface area contributed by atoms with Crippen LogP contribution in [-0.4, -0.2) is 19.6 Å². The van der Waals surface area contributed by atoms with Crippen LogP contribution in [0.4, 0.5) is 5.69 Å². The highest BCUT2D eigenvalue weighted by Gasteiger charge is 2.02. The van der Waals surface area contributed by atoms with Crippen molar-refractivity contribution < 1.29 is 4.74 Å². The topological polar surface area (TPSA) is 59.6 Å². The second kappa shape index (κ2) is 9.30. The van der Waals surface area contributed by atoms with E-state index in [1.165, 1.54) is 5.56 Å². The summed E-state index contributed by atoms with van der Waals surface area (Å²) in [4.78, 5) is 4.35. The fourth-order valence-corrected chi connectivity index (χ4v) is 2.11. The van der Waals surface area contributed by atoms with E-state index in [0.717, 1.165) is 23.4 Å². The largest absolute Gasteiger partial charge is 0.496 e. The second-order valence-electron chi connectivity index (χ2n) is 4.82. The van der Waals surface area contributed by atoms with E-state index in [-0.39, 0.29) is 24.0 Å². The molecule has 0 atom stereocenters. The van der Waals surface area contributed by atoms with E-state index in [2.05, 4.69) is 23.3 Å². The third kappa shape index (κ3) is 5.55. The van der Waals surface area contributed by atoms with Gasteiger partial charge in [0.05, 0.1) is 7.11 Å². The van der Waals surface area contributed by atoms with Crippen LogP contribution in [0, 0.1) is 6.92 Å². The van der Waals surface area contributed by atoms with Crippen molar-refractivity contribution in [1.29, 1.82) is 0 Å². The molecule has 0 aliphatic heterocycles. The molecule has 0 radical (unpaired) electrons. The number of anilines is 1. The standard InChI is InChI=1S/C17H21N3O.HI/c1-13-8-9-16(21-2)14(12-13)10-11-19-17(18)20-15-6-4-3-5-7-15;/h3-9,12H,10-11H2,1-2H3,(H3,18,19,20);1H. The number of halogens is 1. The molecule has 0 saturated heterocycles. The highest BCUT2D eigenvalue weighted by molar-refractivity contribution is 14.0. The Morgan fingerprint density at radius 2 is 1.91 bits per heavy atom. The molecule has 0 saturated carbocycles. The summed E-state index contributed by atoms with van der Waals surface area (Å²) in [5.41, 5.74) is 9.18. The van der Waals surface area contributed by atoms with Crippen LogP contribution in [-0.2, 0) is 6.42 Å². The normalized spacial score (nSPS) is 10.7. The van der Waals surface area contributed by atoms with E-state index in [9.17, 15) is 0 Å². The number of guanidine groups is 1. The number of para-hydroxylation sites is 1. The van der Waals surface area contributed by atoms with Crippen LogP contribution in [0.5, 0.6) is 5.75 Å². The van der Waals surface area contributed by atoms with E-state index in [0.29, 0.717) is 12.5 Å². The summed E-state index contributed by atoms with van der Waals surface area (Å²) >= 11 is 0. The number of rotatable bonds is 5. The minimum atomic E-state index is 0. The first kappa shape index (κ1) is 18.3. The first-order valence-electron chi connectivity index (χ1n) is 6.94. The summed E-state index contributed by atoms with van der Waals surface area (Å²) in [6.07, 6.45) is 0.794. The molecule has 2 rings (SSSR count). The predicted molar refractivity (Wildman–Crippen MR) is 103 cm³/mol. The number of aryl methyl sites for hydroxylation is 1. The van der Waals surface area contributed by atoms with E-state index in [1.807, 2.05) is 42.5 Å². The lowest BCUT2D eigenvalue weighted by molar-refractivity contribution is 0.409. The van der Waals surface area contributed by atoms with Gasteiger partial charge >= 0.3 is 0 Å². The Labute approximate surface area is 148 Å². The van der Waals surface area contributed by atoms with Crippen molar-refractivity contribution in [2.45, 2.75) is 13.3 Å². The summed E-state index contributed by atoms with van der Waals surface area (Å²) in [5, 5.41) is 3.06. The van der Waals surface area contributed by atoms with Crippen LogP contribution in [0.3, 0.4) is 0 Å². The van der Waals surface area contributed by atoms with Crippen molar-refractivity contribution in [2.24, 2.45) is 10.7 Å². The van der Waals surface area contributed by atoms with Crippen molar-refractivity contribution in [3.8, 4) is 5.75 Å². The lowest BCUT2D eigenvalue weighted by atomic mass is 10.1. The number of nitrogens with two attached hydrogens (primary N) is 1. The molecule has 0 heterocycles. The SMILES string of the molecule is COc1ccc(C)cc1CCN=C(N)Nc1ccccc1.I. The van der Waals surface area contributed by atoms with Crippen LogP contribution in [0.1, 0.15) is 11.1 Å². The van der Waals surface area contributed by atoms with Crippen LogP contribution < -0.4 is 15.8 Å². The first-order valence-corrected chi connectivity index (χ1v) is 6.94. The fraction of sp³-hybridized carbons (Fsp3) is 0.235. The van der Waals surface area contributed by atoms with Gasteiger partial charge in [-0.15, -0.1) is 24.0 Å². The summed E-state index contributed by atoms with van der Waals surface area (Å²) < 4.78 is 5.36. The first-order chi connectivity index (χ1) is 10.2. The minimum absolute atomic E-state index is 0.